The number of anilines is 1. The molecular weight excluding hydrogens is 318 g/mol. The SMILES string of the molecule is CC[C@H](C)c1ccc(NC(=O)COC(=O)c2ccccc2OC)cc1. The second-order valence-electron chi connectivity index (χ2n) is 5.76. The Labute approximate surface area is 148 Å². The number of rotatable bonds is 7. The first-order valence-electron chi connectivity index (χ1n) is 8.25. The summed E-state index contributed by atoms with van der Waals surface area (Å²) in [7, 11) is 1.47. The minimum Gasteiger partial charge on any atom is -0.496 e. The van der Waals surface area contributed by atoms with Gasteiger partial charge in [-0.2, -0.15) is 0 Å². The van der Waals surface area contributed by atoms with E-state index in [-0.39, 0.29) is 18.1 Å². The second kappa shape index (κ2) is 8.87. The molecule has 0 aliphatic carbocycles. The van der Waals surface area contributed by atoms with Crippen LogP contribution in [0.1, 0.15) is 42.1 Å². The number of hydrogen-bond donors (Lipinski definition) is 1. The molecule has 1 N–H and O–H groups in total. The van der Waals surface area contributed by atoms with Crippen molar-refractivity contribution in [2.24, 2.45) is 0 Å². The van der Waals surface area contributed by atoms with Crippen molar-refractivity contribution >= 4 is 17.6 Å². The quantitative estimate of drug-likeness (QED) is 0.773. The number of esters is 1. The van der Waals surface area contributed by atoms with Crippen LogP contribution in [0.3, 0.4) is 0 Å². The van der Waals surface area contributed by atoms with E-state index in [1.165, 1.54) is 12.7 Å². The lowest BCUT2D eigenvalue weighted by atomic mass is 9.99. The molecule has 0 radical (unpaired) electrons. The van der Waals surface area contributed by atoms with Gasteiger partial charge in [-0.05, 0) is 42.2 Å². The van der Waals surface area contributed by atoms with Gasteiger partial charge in [-0.15, -0.1) is 0 Å². The molecule has 5 heteroatoms. The second-order valence-corrected chi connectivity index (χ2v) is 5.76. The Bertz CT molecular complexity index is 725. The fraction of sp³-hybridized carbons (Fsp3) is 0.300. The average molecular weight is 341 g/mol. The van der Waals surface area contributed by atoms with Gasteiger partial charge >= 0.3 is 5.97 Å². The number of hydrogen-bond acceptors (Lipinski definition) is 4. The molecule has 2 aromatic carbocycles. The van der Waals surface area contributed by atoms with Crippen LogP contribution >= 0.6 is 0 Å². The van der Waals surface area contributed by atoms with E-state index >= 15 is 0 Å². The van der Waals surface area contributed by atoms with Gasteiger partial charge < -0.3 is 14.8 Å². The summed E-state index contributed by atoms with van der Waals surface area (Å²) in [4.78, 5) is 24.0. The van der Waals surface area contributed by atoms with Gasteiger partial charge in [-0.3, -0.25) is 4.79 Å². The van der Waals surface area contributed by atoms with Crippen LogP contribution in [-0.4, -0.2) is 25.6 Å². The number of nitrogens with one attached hydrogen (secondary N) is 1. The lowest BCUT2D eigenvalue weighted by Crippen LogP contribution is -2.21. The molecule has 0 aromatic heterocycles. The van der Waals surface area contributed by atoms with E-state index < -0.39 is 5.97 Å². The summed E-state index contributed by atoms with van der Waals surface area (Å²) in [6.07, 6.45) is 1.06. The van der Waals surface area contributed by atoms with E-state index in [9.17, 15) is 9.59 Å². The van der Waals surface area contributed by atoms with Gasteiger partial charge in [0, 0.05) is 5.69 Å². The van der Waals surface area contributed by atoms with Crippen molar-refractivity contribution in [3.63, 3.8) is 0 Å². The molecule has 2 aromatic rings. The Morgan fingerprint density at radius 2 is 1.76 bits per heavy atom. The number of carbonyl (C=O) groups excluding carboxylic acids is 2. The number of ether oxygens (including phenoxy) is 2. The van der Waals surface area contributed by atoms with Gasteiger partial charge in [0.05, 0.1) is 7.11 Å². The Balaban J connectivity index is 1.89. The summed E-state index contributed by atoms with van der Waals surface area (Å²) < 4.78 is 10.2. The van der Waals surface area contributed by atoms with Crippen molar-refractivity contribution in [1.82, 2.24) is 0 Å². The van der Waals surface area contributed by atoms with Crippen LogP contribution in [-0.2, 0) is 9.53 Å². The third-order valence-corrected chi connectivity index (χ3v) is 4.04. The standard InChI is InChI=1S/C20H23NO4/c1-4-14(2)15-9-11-16(12-10-15)21-19(22)13-25-20(23)17-7-5-6-8-18(17)24-3/h5-12,14H,4,13H2,1-3H3,(H,21,22)/t14-/m0/s1. The third-order valence-electron chi connectivity index (χ3n) is 4.04. The Morgan fingerprint density at radius 1 is 1.08 bits per heavy atom. The maximum atomic E-state index is 12.1. The van der Waals surface area contributed by atoms with Crippen LogP contribution in [0.4, 0.5) is 5.69 Å². The first kappa shape index (κ1) is 18.5. The van der Waals surface area contributed by atoms with E-state index in [0.29, 0.717) is 17.4 Å². The van der Waals surface area contributed by atoms with Gasteiger partial charge in [0.2, 0.25) is 0 Å². The van der Waals surface area contributed by atoms with Crippen molar-refractivity contribution in [1.29, 1.82) is 0 Å². The summed E-state index contributed by atoms with van der Waals surface area (Å²) in [5.74, 6) is -0.0978. The van der Waals surface area contributed by atoms with Crippen molar-refractivity contribution in [2.75, 3.05) is 19.0 Å². The fourth-order valence-corrected chi connectivity index (χ4v) is 2.35. The Morgan fingerprint density at radius 3 is 2.40 bits per heavy atom. The highest BCUT2D eigenvalue weighted by molar-refractivity contribution is 5.96. The molecule has 0 heterocycles. The molecular formula is C20H23NO4. The molecule has 0 saturated carbocycles. The van der Waals surface area contributed by atoms with Crippen LogP contribution in [0.25, 0.3) is 0 Å². The monoisotopic (exact) mass is 341 g/mol. The summed E-state index contributed by atoms with van der Waals surface area (Å²) in [5, 5.41) is 2.71. The zero-order valence-corrected chi connectivity index (χ0v) is 14.7. The molecule has 0 bridgehead atoms. The summed E-state index contributed by atoms with van der Waals surface area (Å²) in [5.41, 5.74) is 2.18. The zero-order valence-electron chi connectivity index (χ0n) is 14.7. The summed E-state index contributed by atoms with van der Waals surface area (Å²) >= 11 is 0. The number of para-hydroxylation sites is 1. The maximum Gasteiger partial charge on any atom is 0.342 e. The molecule has 132 valence electrons. The minimum absolute atomic E-state index is 0.288. The van der Waals surface area contributed by atoms with Gasteiger partial charge in [0.25, 0.3) is 5.91 Å². The molecule has 0 aliphatic rings. The molecule has 5 nitrogen and oxygen atoms in total. The Kier molecular flexibility index (Phi) is 6.57. The van der Waals surface area contributed by atoms with Gasteiger partial charge in [-0.25, -0.2) is 4.79 Å². The van der Waals surface area contributed by atoms with E-state index in [2.05, 4.69) is 19.2 Å². The highest BCUT2D eigenvalue weighted by atomic mass is 16.5. The molecule has 25 heavy (non-hydrogen) atoms. The molecule has 1 amide bonds. The van der Waals surface area contributed by atoms with Crippen molar-refractivity contribution in [3.8, 4) is 5.75 Å². The first-order valence-corrected chi connectivity index (χ1v) is 8.25. The van der Waals surface area contributed by atoms with Gasteiger partial charge in [0.1, 0.15) is 11.3 Å². The molecule has 0 unspecified atom stereocenters. The zero-order chi connectivity index (χ0) is 18.2. The van der Waals surface area contributed by atoms with E-state index in [1.807, 2.05) is 24.3 Å². The molecule has 0 spiro atoms. The fourth-order valence-electron chi connectivity index (χ4n) is 2.35. The lowest BCUT2D eigenvalue weighted by Gasteiger charge is -2.11. The van der Waals surface area contributed by atoms with E-state index in [4.69, 9.17) is 9.47 Å². The molecule has 0 fully saturated rings. The minimum atomic E-state index is -0.597. The molecule has 0 saturated heterocycles. The molecule has 1 atom stereocenters. The van der Waals surface area contributed by atoms with Crippen LogP contribution in [0, 0.1) is 0 Å². The van der Waals surface area contributed by atoms with E-state index in [0.717, 1.165) is 6.42 Å². The maximum absolute atomic E-state index is 12.1. The highest BCUT2D eigenvalue weighted by Crippen LogP contribution is 2.21. The summed E-state index contributed by atoms with van der Waals surface area (Å²) in [6, 6.07) is 14.4. The van der Waals surface area contributed by atoms with E-state index in [1.54, 1.807) is 24.3 Å². The number of carbonyl (C=O) groups is 2. The number of methoxy groups -OCH3 is 1. The summed E-state index contributed by atoms with van der Waals surface area (Å²) in [6.45, 7) is 3.94. The molecule has 2 rings (SSSR count). The predicted molar refractivity (Wildman–Crippen MR) is 97.1 cm³/mol. The molecule has 0 aliphatic heterocycles. The average Bonchev–Trinajstić information content (AvgIpc) is 2.66. The number of benzene rings is 2. The number of amides is 1. The van der Waals surface area contributed by atoms with Gasteiger partial charge in [-0.1, -0.05) is 38.1 Å². The van der Waals surface area contributed by atoms with Crippen molar-refractivity contribution < 1.29 is 19.1 Å². The van der Waals surface area contributed by atoms with Crippen molar-refractivity contribution in [2.45, 2.75) is 26.2 Å². The van der Waals surface area contributed by atoms with Crippen LogP contribution in [0.5, 0.6) is 5.75 Å². The highest BCUT2D eigenvalue weighted by Gasteiger charge is 2.14. The Hall–Kier alpha value is -2.82. The van der Waals surface area contributed by atoms with Crippen LogP contribution < -0.4 is 10.1 Å². The van der Waals surface area contributed by atoms with Crippen LogP contribution in [0.2, 0.25) is 0 Å². The normalized spacial score (nSPS) is 11.5. The lowest BCUT2D eigenvalue weighted by molar-refractivity contribution is -0.119. The van der Waals surface area contributed by atoms with Crippen LogP contribution in [0.15, 0.2) is 48.5 Å². The topological polar surface area (TPSA) is 64.6 Å². The first-order chi connectivity index (χ1) is 12.0. The largest absolute Gasteiger partial charge is 0.496 e. The predicted octanol–water partition coefficient (Wildman–Crippen LogP) is 4.00. The third kappa shape index (κ3) is 5.08. The van der Waals surface area contributed by atoms with Crippen molar-refractivity contribution in [3.05, 3.63) is 59.7 Å². The van der Waals surface area contributed by atoms with Gasteiger partial charge in [0.15, 0.2) is 6.61 Å². The smallest absolute Gasteiger partial charge is 0.342 e.